The number of carboxylic acids is 1. The van der Waals surface area contributed by atoms with Crippen LogP contribution in [-0.2, 0) is 20.8 Å². The van der Waals surface area contributed by atoms with Crippen molar-refractivity contribution in [3.05, 3.63) is 35.9 Å². The van der Waals surface area contributed by atoms with Crippen molar-refractivity contribution in [1.82, 2.24) is 10.6 Å². The van der Waals surface area contributed by atoms with Gasteiger partial charge in [-0.05, 0) is 12.0 Å². The van der Waals surface area contributed by atoms with Crippen LogP contribution in [0.4, 0.5) is 0 Å². The minimum atomic E-state index is -1.40. The molecule has 22 heavy (non-hydrogen) atoms. The van der Waals surface area contributed by atoms with E-state index in [4.69, 9.17) is 15.9 Å². The summed E-state index contributed by atoms with van der Waals surface area (Å²) in [5, 5.41) is 21.8. The molecule has 0 saturated heterocycles. The Bertz CT molecular complexity index is 520. The number of carbonyl (C=O) groups excluding carboxylic acids is 2. The largest absolute Gasteiger partial charge is 0.480 e. The van der Waals surface area contributed by atoms with E-state index >= 15 is 0 Å². The third-order valence-corrected chi connectivity index (χ3v) is 2.87. The number of carbonyl (C=O) groups is 3. The predicted molar refractivity (Wildman–Crippen MR) is 77.8 cm³/mol. The summed E-state index contributed by atoms with van der Waals surface area (Å²) in [6.07, 6.45) is 0.322. The average molecular weight is 309 g/mol. The normalized spacial score (nSPS) is 13.0. The maximum atomic E-state index is 11.8. The number of rotatable bonds is 8. The van der Waals surface area contributed by atoms with Gasteiger partial charge in [-0.2, -0.15) is 0 Å². The van der Waals surface area contributed by atoms with Crippen LogP contribution in [-0.4, -0.2) is 53.2 Å². The summed E-state index contributed by atoms with van der Waals surface area (Å²) in [5.41, 5.74) is 6.62. The number of nitrogens with one attached hydrogen (secondary N) is 2. The van der Waals surface area contributed by atoms with Crippen molar-refractivity contribution in [2.75, 3.05) is 13.2 Å². The van der Waals surface area contributed by atoms with Crippen LogP contribution in [0.3, 0.4) is 0 Å². The number of nitrogens with two attached hydrogens (primary N) is 1. The van der Waals surface area contributed by atoms with Crippen LogP contribution in [0.1, 0.15) is 5.56 Å². The minimum absolute atomic E-state index is 0.322. The second-order valence-electron chi connectivity index (χ2n) is 4.65. The number of hydrogen-bond donors (Lipinski definition) is 5. The summed E-state index contributed by atoms with van der Waals surface area (Å²) in [6, 6.07) is 6.95. The Kier molecular flexibility index (Phi) is 7.00. The fourth-order valence-corrected chi connectivity index (χ4v) is 1.69. The maximum absolute atomic E-state index is 11.8. The summed E-state index contributed by atoms with van der Waals surface area (Å²) >= 11 is 0. The van der Waals surface area contributed by atoms with Crippen LogP contribution >= 0.6 is 0 Å². The van der Waals surface area contributed by atoms with E-state index in [-0.39, 0.29) is 0 Å². The lowest BCUT2D eigenvalue weighted by Crippen LogP contribution is -2.50. The molecule has 8 nitrogen and oxygen atoms in total. The van der Waals surface area contributed by atoms with Crippen LogP contribution in [0.5, 0.6) is 0 Å². The molecule has 0 aliphatic heterocycles. The van der Waals surface area contributed by atoms with E-state index in [2.05, 4.69) is 10.6 Å². The van der Waals surface area contributed by atoms with Gasteiger partial charge in [0.1, 0.15) is 6.04 Å². The van der Waals surface area contributed by atoms with Crippen molar-refractivity contribution >= 4 is 17.8 Å². The zero-order chi connectivity index (χ0) is 16.5. The van der Waals surface area contributed by atoms with E-state index in [0.29, 0.717) is 6.42 Å². The van der Waals surface area contributed by atoms with Gasteiger partial charge in [0.25, 0.3) is 0 Å². The Morgan fingerprint density at radius 3 is 2.36 bits per heavy atom. The van der Waals surface area contributed by atoms with Crippen LogP contribution < -0.4 is 16.4 Å². The molecular formula is C14H19N3O5. The lowest BCUT2D eigenvalue weighted by atomic mass is 10.1. The van der Waals surface area contributed by atoms with Crippen LogP contribution in [0.15, 0.2) is 30.3 Å². The number of hydrogen-bond acceptors (Lipinski definition) is 5. The lowest BCUT2D eigenvalue weighted by Gasteiger charge is -2.14. The Morgan fingerprint density at radius 1 is 1.18 bits per heavy atom. The summed E-state index contributed by atoms with van der Waals surface area (Å²) in [5.74, 6) is -2.60. The SMILES string of the molecule is NC(Cc1ccccc1)C(=O)NCC(=O)NC(CO)C(=O)O. The molecule has 8 heteroatoms. The monoisotopic (exact) mass is 309 g/mol. The van der Waals surface area contributed by atoms with Gasteiger partial charge in [0.15, 0.2) is 0 Å². The second-order valence-corrected chi connectivity index (χ2v) is 4.65. The van der Waals surface area contributed by atoms with Crippen molar-refractivity contribution in [3.63, 3.8) is 0 Å². The molecule has 1 aromatic rings. The first-order valence-corrected chi connectivity index (χ1v) is 6.64. The maximum Gasteiger partial charge on any atom is 0.328 e. The smallest absolute Gasteiger partial charge is 0.328 e. The Balaban J connectivity index is 2.38. The average Bonchev–Trinajstić information content (AvgIpc) is 2.50. The number of carboxylic acid groups (broad SMARTS) is 1. The van der Waals surface area contributed by atoms with E-state index in [0.717, 1.165) is 5.56 Å². The van der Waals surface area contributed by atoms with Gasteiger partial charge in [0.2, 0.25) is 11.8 Å². The van der Waals surface area contributed by atoms with E-state index in [1.807, 2.05) is 30.3 Å². The summed E-state index contributed by atoms with van der Waals surface area (Å²) in [6.45, 7) is -1.15. The molecule has 1 aromatic carbocycles. The molecular weight excluding hydrogens is 290 g/mol. The van der Waals surface area contributed by atoms with Gasteiger partial charge >= 0.3 is 5.97 Å². The number of aliphatic hydroxyl groups is 1. The molecule has 0 fully saturated rings. The molecule has 0 bridgehead atoms. The van der Waals surface area contributed by atoms with Crippen molar-refractivity contribution < 1.29 is 24.6 Å². The first kappa shape index (κ1) is 17.6. The highest BCUT2D eigenvalue weighted by atomic mass is 16.4. The zero-order valence-corrected chi connectivity index (χ0v) is 11.9. The minimum Gasteiger partial charge on any atom is -0.480 e. The third kappa shape index (κ3) is 5.90. The fraction of sp³-hybridized carbons (Fsp3) is 0.357. The Labute approximate surface area is 127 Å². The molecule has 120 valence electrons. The molecule has 0 heterocycles. The predicted octanol–water partition coefficient (Wildman–Crippen LogP) is -1.77. The van der Waals surface area contributed by atoms with Gasteiger partial charge in [0, 0.05) is 0 Å². The number of amides is 2. The van der Waals surface area contributed by atoms with Crippen LogP contribution in [0, 0.1) is 0 Å². The number of benzene rings is 1. The molecule has 0 aliphatic rings. The molecule has 6 N–H and O–H groups in total. The molecule has 0 aromatic heterocycles. The van der Waals surface area contributed by atoms with E-state index in [1.54, 1.807) is 0 Å². The quantitative estimate of drug-likeness (QED) is 0.385. The van der Waals surface area contributed by atoms with Crippen molar-refractivity contribution in [3.8, 4) is 0 Å². The lowest BCUT2D eigenvalue weighted by molar-refractivity contribution is -0.142. The molecule has 0 saturated carbocycles. The molecule has 1 rings (SSSR count). The first-order chi connectivity index (χ1) is 10.4. The Morgan fingerprint density at radius 2 is 1.82 bits per heavy atom. The molecule has 2 amide bonds. The van der Waals surface area contributed by atoms with Gasteiger partial charge in [0.05, 0.1) is 19.2 Å². The molecule has 0 aliphatic carbocycles. The second kappa shape index (κ2) is 8.75. The summed E-state index contributed by atoms with van der Waals surface area (Å²) < 4.78 is 0. The van der Waals surface area contributed by atoms with Crippen molar-refractivity contribution in [1.29, 1.82) is 0 Å². The first-order valence-electron chi connectivity index (χ1n) is 6.64. The van der Waals surface area contributed by atoms with Gasteiger partial charge in [-0.25, -0.2) is 4.79 Å². The van der Waals surface area contributed by atoms with Gasteiger partial charge in [-0.1, -0.05) is 30.3 Å². The molecule has 2 atom stereocenters. The highest BCUT2D eigenvalue weighted by Crippen LogP contribution is 2.01. The van der Waals surface area contributed by atoms with Crippen LogP contribution in [0.25, 0.3) is 0 Å². The summed E-state index contributed by atoms with van der Waals surface area (Å²) in [4.78, 5) is 33.9. The van der Waals surface area contributed by atoms with Gasteiger partial charge < -0.3 is 26.6 Å². The topological polar surface area (TPSA) is 142 Å². The highest BCUT2D eigenvalue weighted by Gasteiger charge is 2.20. The van der Waals surface area contributed by atoms with Crippen molar-refractivity contribution in [2.45, 2.75) is 18.5 Å². The molecule has 2 unspecified atom stereocenters. The fourth-order valence-electron chi connectivity index (χ4n) is 1.69. The van der Waals surface area contributed by atoms with E-state index in [9.17, 15) is 14.4 Å². The van der Waals surface area contributed by atoms with Gasteiger partial charge in [-0.15, -0.1) is 0 Å². The highest BCUT2D eigenvalue weighted by molar-refractivity contribution is 5.89. The third-order valence-electron chi connectivity index (χ3n) is 2.87. The molecule has 0 spiro atoms. The number of aliphatic hydroxyl groups excluding tert-OH is 1. The van der Waals surface area contributed by atoms with Crippen LogP contribution in [0.2, 0.25) is 0 Å². The molecule has 0 radical (unpaired) electrons. The summed E-state index contributed by atoms with van der Waals surface area (Å²) in [7, 11) is 0. The zero-order valence-electron chi connectivity index (χ0n) is 11.9. The van der Waals surface area contributed by atoms with Crippen molar-refractivity contribution in [2.24, 2.45) is 5.73 Å². The number of aliphatic carboxylic acids is 1. The standard InChI is InChI=1S/C14H19N3O5/c15-10(6-9-4-2-1-3-5-9)13(20)16-7-12(19)17-11(8-18)14(21)22/h1-5,10-11,18H,6-8,15H2,(H,16,20)(H,17,19)(H,21,22). The Hall–Kier alpha value is -2.45. The van der Waals surface area contributed by atoms with E-state index < -0.39 is 43.0 Å². The van der Waals surface area contributed by atoms with E-state index in [1.165, 1.54) is 0 Å². The van der Waals surface area contributed by atoms with Gasteiger partial charge in [-0.3, -0.25) is 9.59 Å².